The maximum absolute atomic E-state index is 13.5. The van der Waals surface area contributed by atoms with E-state index in [1.165, 1.54) is 18.2 Å². The minimum atomic E-state index is -1.26. The van der Waals surface area contributed by atoms with E-state index < -0.39 is 22.2 Å². The maximum Gasteiger partial charge on any atom is 0.307 e. The molecule has 2 rings (SSSR count). The van der Waals surface area contributed by atoms with Gasteiger partial charge in [0.05, 0.1) is 10.6 Å². The Morgan fingerprint density at radius 3 is 2.43 bits per heavy atom. The van der Waals surface area contributed by atoms with E-state index in [-0.39, 0.29) is 23.7 Å². The van der Waals surface area contributed by atoms with Crippen molar-refractivity contribution in [3.63, 3.8) is 0 Å². The van der Waals surface area contributed by atoms with Crippen LogP contribution in [0.3, 0.4) is 0 Å². The number of nitro benzene ring substituents is 1. The molecule has 0 unspecified atom stereocenters. The van der Waals surface area contributed by atoms with Gasteiger partial charge in [0.2, 0.25) is 5.82 Å². The van der Waals surface area contributed by atoms with Gasteiger partial charge in [0.25, 0.3) is 0 Å². The minimum Gasteiger partial charge on any atom is -0.504 e. The SMILES string of the molecule is O=[N+]([O-])c1cc(NCc2ccc(O)c(O)c2)c(F)cc1F. The molecule has 0 atom stereocenters. The van der Waals surface area contributed by atoms with Crippen LogP contribution in [0.1, 0.15) is 5.56 Å². The number of anilines is 1. The van der Waals surface area contributed by atoms with Crippen molar-refractivity contribution in [1.29, 1.82) is 0 Å². The molecule has 2 aromatic rings. The van der Waals surface area contributed by atoms with Crippen LogP contribution in [-0.2, 0) is 6.54 Å². The zero-order valence-electron chi connectivity index (χ0n) is 10.5. The standard InChI is InChI=1S/C13H10F2N2O4/c14-8-4-9(15)11(17(20)21)5-10(8)16-6-7-1-2-12(18)13(19)3-7/h1-5,16,18-19H,6H2. The molecule has 21 heavy (non-hydrogen) atoms. The van der Waals surface area contributed by atoms with Crippen molar-refractivity contribution < 1.29 is 23.9 Å². The molecule has 0 heterocycles. The van der Waals surface area contributed by atoms with Gasteiger partial charge in [0, 0.05) is 18.7 Å². The van der Waals surface area contributed by atoms with Crippen molar-refractivity contribution in [1.82, 2.24) is 0 Å². The monoisotopic (exact) mass is 296 g/mol. The van der Waals surface area contributed by atoms with Crippen molar-refractivity contribution in [2.45, 2.75) is 6.54 Å². The normalized spacial score (nSPS) is 10.4. The number of nitrogens with one attached hydrogen (secondary N) is 1. The van der Waals surface area contributed by atoms with Gasteiger partial charge in [-0.15, -0.1) is 0 Å². The van der Waals surface area contributed by atoms with Crippen LogP contribution in [0.4, 0.5) is 20.2 Å². The largest absolute Gasteiger partial charge is 0.504 e. The fraction of sp³-hybridized carbons (Fsp3) is 0.0769. The van der Waals surface area contributed by atoms with Gasteiger partial charge in [-0.25, -0.2) is 4.39 Å². The summed E-state index contributed by atoms with van der Waals surface area (Å²) >= 11 is 0. The Bertz CT molecular complexity index is 707. The zero-order valence-corrected chi connectivity index (χ0v) is 10.5. The Balaban J connectivity index is 2.21. The van der Waals surface area contributed by atoms with E-state index in [0.29, 0.717) is 11.6 Å². The number of hydrogen-bond acceptors (Lipinski definition) is 5. The number of nitro groups is 1. The maximum atomic E-state index is 13.5. The Kier molecular flexibility index (Phi) is 3.88. The number of rotatable bonds is 4. The van der Waals surface area contributed by atoms with Crippen molar-refractivity contribution in [3.8, 4) is 11.5 Å². The van der Waals surface area contributed by atoms with Crippen LogP contribution in [0.15, 0.2) is 30.3 Å². The highest BCUT2D eigenvalue weighted by atomic mass is 19.1. The summed E-state index contributed by atoms with van der Waals surface area (Å²) in [7, 11) is 0. The molecule has 6 nitrogen and oxygen atoms in total. The second kappa shape index (κ2) is 5.61. The molecule has 2 aromatic carbocycles. The molecule has 0 fully saturated rings. The molecule has 0 aliphatic rings. The third-order valence-electron chi connectivity index (χ3n) is 2.76. The molecule has 110 valence electrons. The summed E-state index contributed by atoms with van der Waals surface area (Å²) in [5.41, 5.74) is -0.584. The lowest BCUT2D eigenvalue weighted by Gasteiger charge is -2.09. The van der Waals surface area contributed by atoms with Crippen molar-refractivity contribution >= 4 is 11.4 Å². The van der Waals surface area contributed by atoms with Gasteiger partial charge >= 0.3 is 5.69 Å². The second-order valence-corrected chi connectivity index (χ2v) is 4.22. The van der Waals surface area contributed by atoms with Crippen molar-refractivity contribution in [2.75, 3.05) is 5.32 Å². The number of hydrogen-bond donors (Lipinski definition) is 3. The average Bonchev–Trinajstić information content (AvgIpc) is 2.41. The van der Waals surface area contributed by atoms with Crippen LogP contribution < -0.4 is 5.32 Å². The molecule has 0 radical (unpaired) electrons. The quantitative estimate of drug-likeness (QED) is 0.458. The van der Waals surface area contributed by atoms with Crippen molar-refractivity contribution in [2.24, 2.45) is 0 Å². The number of nitrogens with zero attached hydrogens (tertiary/aromatic N) is 1. The van der Waals surface area contributed by atoms with E-state index in [1.54, 1.807) is 0 Å². The lowest BCUT2D eigenvalue weighted by atomic mass is 10.2. The molecule has 3 N–H and O–H groups in total. The fourth-order valence-corrected chi connectivity index (χ4v) is 1.69. The van der Waals surface area contributed by atoms with E-state index in [9.17, 15) is 24.0 Å². The second-order valence-electron chi connectivity index (χ2n) is 4.22. The predicted molar refractivity (Wildman–Crippen MR) is 70.1 cm³/mol. The van der Waals surface area contributed by atoms with Crippen LogP contribution in [0, 0.1) is 21.7 Å². The van der Waals surface area contributed by atoms with E-state index in [0.717, 1.165) is 6.07 Å². The van der Waals surface area contributed by atoms with Crippen LogP contribution >= 0.6 is 0 Å². The molecule has 0 saturated carbocycles. The van der Waals surface area contributed by atoms with E-state index in [1.807, 2.05) is 0 Å². The summed E-state index contributed by atoms with van der Waals surface area (Å²) in [4.78, 5) is 9.64. The van der Waals surface area contributed by atoms with Crippen LogP contribution in [0.25, 0.3) is 0 Å². The molecular weight excluding hydrogens is 286 g/mol. The van der Waals surface area contributed by atoms with Crippen LogP contribution in [0.2, 0.25) is 0 Å². The van der Waals surface area contributed by atoms with E-state index >= 15 is 0 Å². The Hall–Kier alpha value is -2.90. The molecule has 0 amide bonds. The summed E-state index contributed by atoms with van der Waals surface area (Å²) in [6.45, 7) is 0.0214. The summed E-state index contributed by atoms with van der Waals surface area (Å²) in [6.07, 6.45) is 0. The highest BCUT2D eigenvalue weighted by Gasteiger charge is 2.18. The molecule has 0 aliphatic heterocycles. The van der Waals surface area contributed by atoms with Crippen LogP contribution in [-0.4, -0.2) is 15.1 Å². The molecular formula is C13H10F2N2O4. The first kappa shape index (κ1) is 14.5. The smallest absolute Gasteiger partial charge is 0.307 e. The topological polar surface area (TPSA) is 95.6 Å². The first-order chi connectivity index (χ1) is 9.88. The molecule has 8 heteroatoms. The van der Waals surface area contributed by atoms with Gasteiger partial charge in [-0.2, -0.15) is 4.39 Å². The predicted octanol–water partition coefficient (Wildman–Crippen LogP) is 2.90. The van der Waals surface area contributed by atoms with Gasteiger partial charge in [-0.1, -0.05) is 6.07 Å². The Labute approximate surface area is 117 Å². The summed E-state index contributed by atoms with van der Waals surface area (Å²) < 4.78 is 26.7. The number of halogens is 2. The van der Waals surface area contributed by atoms with Gasteiger partial charge in [0.15, 0.2) is 11.5 Å². The number of phenolic OH excluding ortho intramolecular Hbond substituents is 2. The van der Waals surface area contributed by atoms with Crippen LogP contribution in [0.5, 0.6) is 11.5 Å². The molecule has 0 bridgehead atoms. The fourth-order valence-electron chi connectivity index (χ4n) is 1.69. The van der Waals surface area contributed by atoms with E-state index in [2.05, 4.69) is 5.32 Å². The van der Waals surface area contributed by atoms with E-state index in [4.69, 9.17) is 5.11 Å². The number of benzene rings is 2. The van der Waals surface area contributed by atoms with Crippen molar-refractivity contribution in [3.05, 3.63) is 57.6 Å². The summed E-state index contributed by atoms with van der Waals surface area (Å²) in [6, 6.07) is 5.14. The molecule has 0 saturated heterocycles. The minimum absolute atomic E-state index is 0.0214. The summed E-state index contributed by atoms with van der Waals surface area (Å²) in [5.74, 6) is -2.88. The first-order valence-corrected chi connectivity index (χ1v) is 5.76. The highest BCUT2D eigenvalue weighted by Crippen LogP contribution is 2.27. The zero-order chi connectivity index (χ0) is 15.6. The highest BCUT2D eigenvalue weighted by molar-refractivity contribution is 5.53. The third-order valence-corrected chi connectivity index (χ3v) is 2.76. The molecule has 0 spiro atoms. The summed E-state index contributed by atoms with van der Waals surface area (Å²) in [5, 5.41) is 31.6. The Morgan fingerprint density at radius 2 is 1.81 bits per heavy atom. The third kappa shape index (κ3) is 3.16. The van der Waals surface area contributed by atoms with Gasteiger partial charge < -0.3 is 15.5 Å². The Morgan fingerprint density at radius 1 is 1.10 bits per heavy atom. The average molecular weight is 296 g/mol. The van der Waals surface area contributed by atoms with Gasteiger partial charge in [0.1, 0.15) is 5.82 Å². The number of aromatic hydroxyl groups is 2. The lowest BCUT2D eigenvalue weighted by molar-refractivity contribution is -0.387. The molecule has 0 aromatic heterocycles. The first-order valence-electron chi connectivity index (χ1n) is 5.76. The molecule has 0 aliphatic carbocycles. The number of phenols is 2. The lowest BCUT2D eigenvalue weighted by Crippen LogP contribution is -2.03. The van der Waals surface area contributed by atoms with Gasteiger partial charge in [-0.05, 0) is 17.7 Å². The van der Waals surface area contributed by atoms with Gasteiger partial charge in [-0.3, -0.25) is 10.1 Å².